The zero-order valence-electron chi connectivity index (χ0n) is 9.07. The molecule has 0 aliphatic heterocycles. The molecular formula is C10H19N3O. The summed E-state index contributed by atoms with van der Waals surface area (Å²) in [5, 5.41) is 16.6. The predicted octanol–water partition coefficient (Wildman–Crippen LogP) is 0.699. The fourth-order valence-electron chi connectivity index (χ4n) is 1.29. The van der Waals surface area contributed by atoms with Gasteiger partial charge in [-0.1, -0.05) is 13.8 Å². The maximum atomic E-state index is 9.20. The highest BCUT2D eigenvalue weighted by Gasteiger charge is 2.11. The molecule has 1 atom stereocenters. The summed E-state index contributed by atoms with van der Waals surface area (Å²) in [7, 11) is 1.88. The van der Waals surface area contributed by atoms with Crippen LogP contribution in [0.2, 0.25) is 0 Å². The monoisotopic (exact) mass is 197 g/mol. The minimum Gasteiger partial charge on any atom is -0.394 e. The van der Waals surface area contributed by atoms with Crippen molar-refractivity contribution in [2.24, 2.45) is 13.0 Å². The third-order valence-corrected chi connectivity index (χ3v) is 2.08. The summed E-state index contributed by atoms with van der Waals surface area (Å²) in [6.07, 6.45) is 3.71. The van der Waals surface area contributed by atoms with Crippen molar-refractivity contribution in [1.29, 1.82) is 0 Å². The van der Waals surface area contributed by atoms with Crippen LogP contribution in [0, 0.1) is 5.92 Å². The van der Waals surface area contributed by atoms with Gasteiger partial charge in [0.15, 0.2) is 0 Å². The van der Waals surface area contributed by atoms with Crippen LogP contribution in [0.1, 0.15) is 25.5 Å². The van der Waals surface area contributed by atoms with Gasteiger partial charge in [-0.25, -0.2) is 0 Å². The maximum absolute atomic E-state index is 9.20. The van der Waals surface area contributed by atoms with Gasteiger partial charge >= 0.3 is 0 Å². The molecule has 4 heteroatoms. The zero-order chi connectivity index (χ0) is 10.6. The molecule has 0 spiro atoms. The average Bonchev–Trinajstić information content (AvgIpc) is 2.53. The molecule has 0 aliphatic rings. The van der Waals surface area contributed by atoms with Crippen LogP contribution in [0.25, 0.3) is 0 Å². The number of nitrogens with one attached hydrogen (secondary N) is 1. The van der Waals surface area contributed by atoms with E-state index in [2.05, 4.69) is 24.3 Å². The van der Waals surface area contributed by atoms with Crippen molar-refractivity contribution in [3.8, 4) is 0 Å². The summed E-state index contributed by atoms with van der Waals surface area (Å²) in [6, 6.07) is 0.00565. The summed E-state index contributed by atoms with van der Waals surface area (Å²) >= 11 is 0. The molecule has 0 radical (unpaired) electrons. The van der Waals surface area contributed by atoms with Gasteiger partial charge in [0.05, 0.1) is 18.8 Å². The van der Waals surface area contributed by atoms with Crippen LogP contribution < -0.4 is 5.32 Å². The second kappa shape index (κ2) is 5.12. The van der Waals surface area contributed by atoms with Gasteiger partial charge in [-0.15, -0.1) is 0 Å². The van der Waals surface area contributed by atoms with E-state index in [9.17, 15) is 5.11 Å². The minimum atomic E-state index is 0.00565. The lowest BCUT2D eigenvalue weighted by Crippen LogP contribution is -2.27. The highest BCUT2D eigenvalue weighted by Crippen LogP contribution is 2.10. The number of aromatic nitrogens is 2. The number of rotatable bonds is 5. The Kier molecular flexibility index (Phi) is 4.10. The van der Waals surface area contributed by atoms with Crippen LogP contribution in [0.4, 0.5) is 0 Å². The molecule has 1 aromatic rings. The first-order valence-corrected chi connectivity index (χ1v) is 4.96. The third-order valence-electron chi connectivity index (χ3n) is 2.08. The van der Waals surface area contributed by atoms with Crippen LogP contribution in [0.15, 0.2) is 12.4 Å². The number of aryl methyl sites for hydroxylation is 1. The first-order valence-electron chi connectivity index (χ1n) is 4.96. The second-order valence-electron chi connectivity index (χ2n) is 3.98. The number of aliphatic hydroxyl groups is 1. The van der Waals surface area contributed by atoms with Gasteiger partial charge in [-0.05, 0) is 12.5 Å². The summed E-state index contributed by atoms with van der Waals surface area (Å²) in [5.41, 5.74) is 1.04. The normalized spacial score (nSPS) is 13.5. The predicted molar refractivity (Wildman–Crippen MR) is 55.9 cm³/mol. The van der Waals surface area contributed by atoms with Crippen molar-refractivity contribution in [2.45, 2.75) is 19.9 Å². The Morgan fingerprint density at radius 1 is 1.57 bits per heavy atom. The number of hydrogen-bond donors (Lipinski definition) is 2. The fraction of sp³-hybridized carbons (Fsp3) is 0.700. The fourth-order valence-corrected chi connectivity index (χ4v) is 1.29. The summed E-state index contributed by atoms with van der Waals surface area (Å²) in [4.78, 5) is 0. The largest absolute Gasteiger partial charge is 0.394 e. The van der Waals surface area contributed by atoms with Crippen LogP contribution in [0.3, 0.4) is 0 Å². The molecule has 0 saturated heterocycles. The van der Waals surface area contributed by atoms with Gasteiger partial charge in [0.25, 0.3) is 0 Å². The Morgan fingerprint density at radius 2 is 2.29 bits per heavy atom. The van der Waals surface area contributed by atoms with E-state index < -0.39 is 0 Å². The van der Waals surface area contributed by atoms with Crippen molar-refractivity contribution in [3.05, 3.63) is 18.0 Å². The van der Waals surface area contributed by atoms with Gasteiger partial charge in [0.2, 0.25) is 0 Å². The first-order chi connectivity index (χ1) is 6.63. The molecule has 80 valence electrons. The van der Waals surface area contributed by atoms with E-state index in [-0.39, 0.29) is 12.6 Å². The van der Waals surface area contributed by atoms with Crippen molar-refractivity contribution in [1.82, 2.24) is 15.1 Å². The Hall–Kier alpha value is -0.870. The van der Waals surface area contributed by atoms with Crippen molar-refractivity contribution in [2.75, 3.05) is 13.2 Å². The molecule has 1 heterocycles. The molecule has 2 N–H and O–H groups in total. The summed E-state index contributed by atoms with van der Waals surface area (Å²) in [5.74, 6) is 0.584. The summed E-state index contributed by atoms with van der Waals surface area (Å²) in [6.45, 7) is 5.30. The molecule has 1 aromatic heterocycles. The summed E-state index contributed by atoms with van der Waals surface area (Å²) < 4.78 is 1.75. The van der Waals surface area contributed by atoms with Crippen molar-refractivity contribution in [3.63, 3.8) is 0 Å². The van der Waals surface area contributed by atoms with E-state index in [0.717, 1.165) is 12.1 Å². The Labute approximate surface area is 84.9 Å². The van der Waals surface area contributed by atoms with Crippen LogP contribution in [-0.2, 0) is 7.05 Å². The molecule has 14 heavy (non-hydrogen) atoms. The lowest BCUT2D eigenvalue weighted by atomic mass is 10.1. The second-order valence-corrected chi connectivity index (χ2v) is 3.98. The van der Waals surface area contributed by atoms with Crippen molar-refractivity contribution >= 4 is 0 Å². The number of aliphatic hydroxyl groups excluding tert-OH is 1. The lowest BCUT2D eigenvalue weighted by Gasteiger charge is -2.15. The van der Waals surface area contributed by atoms with Gasteiger partial charge in [0.1, 0.15) is 0 Å². The topological polar surface area (TPSA) is 50.1 Å². The molecule has 1 unspecified atom stereocenters. The smallest absolute Gasteiger partial charge is 0.0627 e. The molecule has 0 fully saturated rings. The average molecular weight is 197 g/mol. The molecule has 4 nitrogen and oxygen atoms in total. The Balaban J connectivity index is 2.54. The van der Waals surface area contributed by atoms with E-state index >= 15 is 0 Å². The van der Waals surface area contributed by atoms with Crippen LogP contribution >= 0.6 is 0 Å². The highest BCUT2D eigenvalue weighted by molar-refractivity contribution is 5.10. The molecule has 0 bridgehead atoms. The van der Waals surface area contributed by atoms with E-state index in [0.29, 0.717) is 5.92 Å². The molecule has 0 saturated carbocycles. The molecule has 0 aliphatic carbocycles. The van der Waals surface area contributed by atoms with E-state index in [1.54, 1.807) is 10.9 Å². The third kappa shape index (κ3) is 3.12. The van der Waals surface area contributed by atoms with Gasteiger partial charge in [-0.2, -0.15) is 5.10 Å². The van der Waals surface area contributed by atoms with Gasteiger partial charge < -0.3 is 10.4 Å². The quantitative estimate of drug-likeness (QED) is 0.730. The highest BCUT2D eigenvalue weighted by atomic mass is 16.3. The minimum absolute atomic E-state index is 0.00565. The Bertz CT molecular complexity index is 270. The standard InChI is InChI=1S/C10H19N3O/c1-8(2)4-11-10(7-14)9-5-12-13(3)6-9/h5-6,8,10-11,14H,4,7H2,1-3H3. The molecule has 0 amide bonds. The Morgan fingerprint density at radius 3 is 2.71 bits per heavy atom. The van der Waals surface area contributed by atoms with E-state index in [1.807, 2.05) is 13.2 Å². The van der Waals surface area contributed by atoms with Crippen LogP contribution in [-0.4, -0.2) is 28.0 Å². The zero-order valence-corrected chi connectivity index (χ0v) is 9.07. The lowest BCUT2D eigenvalue weighted by molar-refractivity contribution is 0.241. The molecular weight excluding hydrogens is 178 g/mol. The van der Waals surface area contributed by atoms with E-state index in [4.69, 9.17) is 0 Å². The molecule has 1 rings (SSSR count). The van der Waals surface area contributed by atoms with E-state index in [1.165, 1.54) is 0 Å². The van der Waals surface area contributed by atoms with Gasteiger partial charge in [0, 0.05) is 18.8 Å². The number of nitrogens with zero attached hydrogens (tertiary/aromatic N) is 2. The van der Waals surface area contributed by atoms with Crippen molar-refractivity contribution < 1.29 is 5.11 Å². The number of hydrogen-bond acceptors (Lipinski definition) is 3. The maximum Gasteiger partial charge on any atom is 0.0627 e. The van der Waals surface area contributed by atoms with Crippen LogP contribution in [0.5, 0.6) is 0 Å². The SMILES string of the molecule is CC(C)CNC(CO)c1cnn(C)c1. The molecule has 0 aromatic carbocycles. The van der Waals surface area contributed by atoms with Gasteiger partial charge in [-0.3, -0.25) is 4.68 Å². The first kappa shape index (κ1) is 11.2.